The van der Waals surface area contributed by atoms with Crippen LogP contribution in [0.4, 0.5) is 0 Å². The summed E-state index contributed by atoms with van der Waals surface area (Å²) >= 11 is 0. The Bertz CT molecular complexity index is 1030. The zero-order valence-electron chi connectivity index (χ0n) is 13.4. The van der Waals surface area contributed by atoms with Crippen LogP contribution in [0.3, 0.4) is 0 Å². The van der Waals surface area contributed by atoms with Crippen molar-refractivity contribution in [2.24, 2.45) is 0 Å². The summed E-state index contributed by atoms with van der Waals surface area (Å²) in [5, 5.41) is 30.5. The number of phenols is 2. The minimum atomic E-state index is -1.50. The van der Waals surface area contributed by atoms with Crippen LogP contribution >= 0.6 is 0 Å². The highest BCUT2D eigenvalue weighted by Crippen LogP contribution is 2.45. The molecule has 0 spiro atoms. The number of hydrogen-bond donors (Lipinski definition) is 3. The summed E-state index contributed by atoms with van der Waals surface area (Å²) in [4.78, 5) is 12.6. The zero-order chi connectivity index (χ0) is 17.8. The smallest absolute Gasteiger partial charge is 0.343 e. The summed E-state index contributed by atoms with van der Waals surface area (Å²) in [6, 6.07) is 11.3. The Labute approximate surface area is 142 Å². The molecule has 0 bridgehead atoms. The molecule has 25 heavy (non-hydrogen) atoms. The predicted molar refractivity (Wildman–Crippen MR) is 90.0 cm³/mol. The van der Waals surface area contributed by atoms with E-state index in [1.165, 1.54) is 19.1 Å². The lowest BCUT2D eigenvalue weighted by Crippen LogP contribution is -2.40. The summed E-state index contributed by atoms with van der Waals surface area (Å²) in [6.45, 7) is 1.52. The number of rotatable bonds is 1. The van der Waals surface area contributed by atoms with E-state index in [1.54, 1.807) is 30.3 Å². The Morgan fingerprint density at radius 2 is 1.88 bits per heavy atom. The molecule has 0 radical (unpaired) electrons. The minimum Gasteiger partial charge on any atom is -0.504 e. The molecule has 0 aliphatic carbocycles. The van der Waals surface area contributed by atoms with Crippen molar-refractivity contribution in [2.75, 3.05) is 0 Å². The molecule has 1 aromatic heterocycles. The van der Waals surface area contributed by atoms with E-state index >= 15 is 0 Å². The molecule has 6 heteroatoms. The molecule has 2 atom stereocenters. The van der Waals surface area contributed by atoms with E-state index in [4.69, 9.17) is 9.15 Å². The monoisotopic (exact) mass is 340 g/mol. The molecular formula is C19H16O6. The first-order chi connectivity index (χ1) is 11.9. The molecular weight excluding hydrogens is 324 g/mol. The molecule has 2 aromatic carbocycles. The Kier molecular flexibility index (Phi) is 3.27. The van der Waals surface area contributed by atoms with Crippen molar-refractivity contribution in [1.82, 2.24) is 0 Å². The Morgan fingerprint density at radius 3 is 2.64 bits per heavy atom. The molecule has 0 saturated carbocycles. The van der Waals surface area contributed by atoms with E-state index in [-0.39, 0.29) is 29.2 Å². The number of fused-ring (bicyclic) bond motifs is 3. The molecule has 0 amide bonds. The van der Waals surface area contributed by atoms with Crippen molar-refractivity contribution >= 4 is 11.0 Å². The SMILES string of the molecule is CC1(O)CC(c2ccc(O)c(O)c2)c2c(c3ccccc3oc2=O)O1. The van der Waals surface area contributed by atoms with Crippen molar-refractivity contribution in [2.45, 2.75) is 25.0 Å². The van der Waals surface area contributed by atoms with E-state index in [1.807, 2.05) is 0 Å². The second-order valence-corrected chi connectivity index (χ2v) is 6.41. The van der Waals surface area contributed by atoms with Crippen LogP contribution in [0.5, 0.6) is 17.2 Å². The molecule has 6 nitrogen and oxygen atoms in total. The maximum absolute atomic E-state index is 12.6. The van der Waals surface area contributed by atoms with Crippen LogP contribution in [0.1, 0.15) is 30.4 Å². The second-order valence-electron chi connectivity index (χ2n) is 6.41. The fourth-order valence-corrected chi connectivity index (χ4v) is 3.33. The van der Waals surface area contributed by atoms with E-state index < -0.39 is 17.3 Å². The average Bonchev–Trinajstić information content (AvgIpc) is 2.56. The Balaban J connectivity index is 2.01. The first kappa shape index (κ1) is 15.5. The van der Waals surface area contributed by atoms with Gasteiger partial charge < -0.3 is 24.5 Å². The topological polar surface area (TPSA) is 100 Å². The highest BCUT2D eigenvalue weighted by Gasteiger charge is 2.40. The summed E-state index contributed by atoms with van der Waals surface area (Å²) in [5.74, 6) is -2.32. The van der Waals surface area contributed by atoms with E-state index in [0.29, 0.717) is 16.5 Å². The Hall–Kier alpha value is -2.99. The first-order valence-electron chi connectivity index (χ1n) is 7.85. The van der Waals surface area contributed by atoms with Crippen LogP contribution in [0.2, 0.25) is 0 Å². The highest BCUT2D eigenvalue weighted by molar-refractivity contribution is 5.85. The van der Waals surface area contributed by atoms with E-state index in [0.717, 1.165) is 0 Å². The van der Waals surface area contributed by atoms with Gasteiger partial charge in [-0.05, 0) is 29.8 Å². The van der Waals surface area contributed by atoms with Gasteiger partial charge in [0, 0.05) is 19.3 Å². The molecule has 3 aromatic rings. The van der Waals surface area contributed by atoms with Gasteiger partial charge in [0.25, 0.3) is 0 Å². The number of hydrogen-bond acceptors (Lipinski definition) is 6. The van der Waals surface area contributed by atoms with Gasteiger partial charge in [-0.3, -0.25) is 0 Å². The first-order valence-corrected chi connectivity index (χ1v) is 7.85. The molecule has 4 rings (SSSR count). The fraction of sp³-hybridized carbons (Fsp3) is 0.211. The molecule has 1 aliphatic rings. The standard InChI is InChI=1S/C19H16O6/c1-19(23)9-12(10-6-7-13(20)14(21)8-10)16-17(25-19)11-4-2-3-5-15(11)24-18(16)22/h2-8,12,20-21,23H,9H2,1H3. The zero-order valence-corrected chi connectivity index (χ0v) is 13.4. The number of phenolic OH excluding ortho intramolecular Hbond substituents is 2. The number of aromatic hydroxyl groups is 2. The lowest BCUT2D eigenvalue weighted by Gasteiger charge is -2.36. The summed E-state index contributed by atoms with van der Waals surface area (Å²) in [6.07, 6.45) is 0.104. The maximum atomic E-state index is 12.6. The molecule has 1 aliphatic heterocycles. The van der Waals surface area contributed by atoms with Crippen LogP contribution in [-0.4, -0.2) is 21.1 Å². The Morgan fingerprint density at radius 1 is 1.12 bits per heavy atom. The molecule has 2 unspecified atom stereocenters. The third kappa shape index (κ3) is 2.51. The van der Waals surface area contributed by atoms with Gasteiger partial charge in [-0.25, -0.2) is 4.79 Å². The van der Waals surface area contributed by atoms with Crippen molar-refractivity contribution in [3.05, 3.63) is 64.0 Å². The third-order valence-corrected chi connectivity index (χ3v) is 4.45. The van der Waals surface area contributed by atoms with Crippen LogP contribution in [0.15, 0.2) is 51.7 Å². The van der Waals surface area contributed by atoms with Crippen LogP contribution in [-0.2, 0) is 0 Å². The lowest BCUT2D eigenvalue weighted by atomic mass is 9.83. The van der Waals surface area contributed by atoms with Crippen molar-refractivity contribution in [3.63, 3.8) is 0 Å². The van der Waals surface area contributed by atoms with Crippen molar-refractivity contribution < 1.29 is 24.5 Å². The van der Waals surface area contributed by atoms with Gasteiger partial charge in [0.1, 0.15) is 11.3 Å². The largest absolute Gasteiger partial charge is 0.504 e. The lowest BCUT2D eigenvalue weighted by molar-refractivity contribution is -0.136. The number of ether oxygens (including phenoxy) is 1. The number of para-hydroxylation sites is 1. The summed E-state index contributed by atoms with van der Waals surface area (Å²) < 4.78 is 11.1. The third-order valence-electron chi connectivity index (χ3n) is 4.45. The average molecular weight is 340 g/mol. The quantitative estimate of drug-likeness (QED) is 0.465. The van der Waals surface area contributed by atoms with Gasteiger partial charge in [0.2, 0.25) is 5.79 Å². The van der Waals surface area contributed by atoms with Gasteiger partial charge in [-0.2, -0.15) is 0 Å². The van der Waals surface area contributed by atoms with Crippen molar-refractivity contribution in [1.29, 1.82) is 0 Å². The van der Waals surface area contributed by atoms with Crippen LogP contribution in [0, 0.1) is 0 Å². The van der Waals surface area contributed by atoms with Gasteiger partial charge in [-0.15, -0.1) is 0 Å². The summed E-state index contributed by atoms with van der Waals surface area (Å²) in [5.41, 5.74) is 0.677. The molecule has 2 heterocycles. The van der Waals surface area contributed by atoms with Crippen molar-refractivity contribution in [3.8, 4) is 17.2 Å². The molecule has 128 valence electrons. The second kappa shape index (κ2) is 5.26. The van der Waals surface area contributed by atoms with Gasteiger partial charge in [0.15, 0.2) is 11.5 Å². The highest BCUT2D eigenvalue weighted by atomic mass is 16.6. The van der Waals surface area contributed by atoms with E-state index in [2.05, 4.69) is 0 Å². The fourth-order valence-electron chi connectivity index (χ4n) is 3.33. The number of benzene rings is 2. The van der Waals surface area contributed by atoms with E-state index in [9.17, 15) is 20.1 Å². The summed E-state index contributed by atoms with van der Waals surface area (Å²) in [7, 11) is 0. The van der Waals surface area contributed by atoms with Gasteiger partial charge in [-0.1, -0.05) is 18.2 Å². The molecule has 3 N–H and O–H groups in total. The molecule has 0 saturated heterocycles. The van der Waals surface area contributed by atoms with Crippen LogP contribution in [0.25, 0.3) is 11.0 Å². The predicted octanol–water partition coefficient (Wildman–Crippen LogP) is 2.83. The normalized spacial score (nSPS) is 22.4. The van der Waals surface area contributed by atoms with Crippen LogP contribution < -0.4 is 10.4 Å². The van der Waals surface area contributed by atoms with Gasteiger partial charge >= 0.3 is 5.63 Å². The number of aliphatic hydroxyl groups is 1. The minimum absolute atomic E-state index is 0.104. The maximum Gasteiger partial charge on any atom is 0.343 e. The van der Waals surface area contributed by atoms with Gasteiger partial charge in [0.05, 0.1) is 10.9 Å². The molecule has 0 fully saturated rings.